The quantitative estimate of drug-likeness (QED) is 0.661. The van der Waals surface area contributed by atoms with E-state index in [0.29, 0.717) is 21.9 Å². The lowest BCUT2D eigenvalue weighted by Crippen LogP contribution is -2.39. The lowest BCUT2D eigenvalue weighted by Gasteiger charge is -2.24. The first-order valence-corrected chi connectivity index (χ1v) is 9.72. The molecule has 5 nitrogen and oxygen atoms in total. The zero-order chi connectivity index (χ0) is 20.1. The second-order valence-corrected chi connectivity index (χ2v) is 7.93. The Morgan fingerprint density at radius 3 is 2.61 bits per heavy atom. The van der Waals surface area contributed by atoms with Crippen LogP contribution in [-0.2, 0) is 6.18 Å². The first kappa shape index (κ1) is 18.9. The highest BCUT2D eigenvalue weighted by atomic mass is 32.1. The molecule has 2 aromatic heterocycles. The third kappa shape index (κ3) is 3.40. The molecule has 4 rings (SSSR count). The van der Waals surface area contributed by atoms with Gasteiger partial charge in [-0.2, -0.15) is 13.2 Å². The average Bonchev–Trinajstić information content (AvgIpc) is 3.35. The van der Waals surface area contributed by atoms with Crippen LogP contribution < -0.4 is 0 Å². The van der Waals surface area contributed by atoms with Gasteiger partial charge in [0.1, 0.15) is 5.69 Å². The molecular formula is C19H19F3N4OS. The summed E-state index contributed by atoms with van der Waals surface area (Å²) in [5.74, 6) is -0.0806. The van der Waals surface area contributed by atoms with Crippen LogP contribution in [0, 0.1) is 0 Å². The predicted molar refractivity (Wildman–Crippen MR) is 102 cm³/mol. The van der Waals surface area contributed by atoms with E-state index < -0.39 is 11.7 Å². The molecule has 1 aromatic carbocycles. The summed E-state index contributed by atoms with van der Waals surface area (Å²) in [5.41, 5.74) is 0.935. The SMILES string of the molecule is CN1CCC(N(C)C(=O)c2csc3nc(-c4ccc(C(F)(F)F)cc4)cn23)C1. The Hall–Kier alpha value is -2.39. The Balaban J connectivity index is 1.61. The number of aromatic nitrogens is 2. The summed E-state index contributed by atoms with van der Waals surface area (Å²) in [6, 6.07) is 5.05. The zero-order valence-corrected chi connectivity index (χ0v) is 16.2. The molecule has 0 bridgehead atoms. The van der Waals surface area contributed by atoms with Crippen LogP contribution >= 0.6 is 11.3 Å². The number of halogens is 3. The minimum atomic E-state index is -4.37. The molecule has 1 saturated heterocycles. The summed E-state index contributed by atoms with van der Waals surface area (Å²) < 4.78 is 40.0. The first-order chi connectivity index (χ1) is 13.2. The van der Waals surface area contributed by atoms with Crippen molar-refractivity contribution in [3.05, 3.63) is 47.1 Å². The highest BCUT2D eigenvalue weighted by molar-refractivity contribution is 7.15. The number of likely N-dealkylation sites (tertiary alicyclic amines) is 1. The smallest absolute Gasteiger partial charge is 0.336 e. The van der Waals surface area contributed by atoms with E-state index in [9.17, 15) is 18.0 Å². The van der Waals surface area contributed by atoms with Gasteiger partial charge in [0, 0.05) is 36.8 Å². The van der Waals surface area contributed by atoms with Crippen LogP contribution in [0.1, 0.15) is 22.5 Å². The van der Waals surface area contributed by atoms with Crippen molar-refractivity contribution >= 4 is 22.2 Å². The molecule has 3 aromatic rings. The normalized spacial score (nSPS) is 18.1. The number of carbonyl (C=O) groups is 1. The van der Waals surface area contributed by atoms with Gasteiger partial charge < -0.3 is 9.80 Å². The molecule has 148 valence electrons. The largest absolute Gasteiger partial charge is 0.416 e. The van der Waals surface area contributed by atoms with Crippen molar-refractivity contribution in [1.29, 1.82) is 0 Å². The molecule has 1 fully saturated rings. The standard InChI is InChI=1S/C19H19F3N4OS/c1-24-8-7-14(9-24)25(2)17(27)16-11-28-18-23-15(10-26(16)18)12-3-5-13(6-4-12)19(20,21)22/h3-6,10-11,14H,7-9H2,1-2H3. The molecule has 1 aliphatic rings. The molecule has 0 saturated carbocycles. The molecular weight excluding hydrogens is 389 g/mol. The Bertz CT molecular complexity index is 1010. The lowest BCUT2D eigenvalue weighted by molar-refractivity contribution is -0.137. The molecule has 1 unspecified atom stereocenters. The summed E-state index contributed by atoms with van der Waals surface area (Å²) in [4.78, 5) is 22.0. The monoisotopic (exact) mass is 408 g/mol. The maximum absolute atomic E-state index is 13.0. The Morgan fingerprint density at radius 1 is 1.29 bits per heavy atom. The Morgan fingerprint density at radius 2 is 2.00 bits per heavy atom. The molecule has 3 heterocycles. The molecule has 1 atom stereocenters. The average molecular weight is 408 g/mol. The predicted octanol–water partition coefficient (Wildman–Crippen LogP) is 3.86. The van der Waals surface area contributed by atoms with Crippen molar-refractivity contribution < 1.29 is 18.0 Å². The van der Waals surface area contributed by atoms with Crippen LogP contribution in [0.15, 0.2) is 35.8 Å². The third-order valence-electron chi connectivity index (χ3n) is 5.17. The van der Waals surface area contributed by atoms with E-state index in [0.717, 1.165) is 31.6 Å². The number of likely N-dealkylation sites (N-methyl/N-ethyl adjacent to an activating group) is 2. The molecule has 1 amide bonds. The van der Waals surface area contributed by atoms with E-state index in [4.69, 9.17) is 0 Å². The van der Waals surface area contributed by atoms with Gasteiger partial charge in [0.25, 0.3) is 5.91 Å². The number of nitrogens with zero attached hydrogens (tertiary/aromatic N) is 4. The summed E-state index contributed by atoms with van der Waals surface area (Å²) in [7, 11) is 3.84. The summed E-state index contributed by atoms with van der Waals surface area (Å²) in [6.45, 7) is 1.81. The van der Waals surface area contributed by atoms with Crippen LogP contribution in [0.5, 0.6) is 0 Å². The second kappa shape index (κ2) is 6.89. The fourth-order valence-corrected chi connectivity index (χ4v) is 4.33. The molecule has 0 N–H and O–H groups in total. The first-order valence-electron chi connectivity index (χ1n) is 8.84. The zero-order valence-electron chi connectivity index (χ0n) is 15.4. The van der Waals surface area contributed by atoms with Gasteiger partial charge in [-0.1, -0.05) is 12.1 Å². The summed E-state index contributed by atoms with van der Waals surface area (Å²) in [5, 5.41) is 1.77. The molecule has 28 heavy (non-hydrogen) atoms. The highest BCUT2D eigenvalue weighted by Gasteiger charge is 2.30. The molecule has 9 heteroatoms. The number of thiazole rings is 1. The Labute approximate surface area is 164 Å². The fraction of sp³-hybridized carbons (Fsp3) is 0.368. The Kier molecular flexibility index (Phi) is 4.67. The van der Waals surface area contributed by atoms with Crippen molar-refractivity contribution in [2.75, 3.05) is 27.2 Å². The van der Waals surface area contributed by atoms with Crippen molar-refractivity contribution in [3.63, 3.8) is 0 Å². The van der Waals surface area contributed by atoms with E-state index in [1.54, 1.807) is 20.9 Å². The third-order valence-corrected chi connectivity index (χ3v) is 6.01. The van der Waals surface area contributed by atoms with Crippen molar-refractivity contribution in [2.45, 2.75) is 18.6 Å². The minimum absolute atomic E-state index is 0.0806. The van der Waals surface area contributed by atoms with E-state index in [-0.39, 0.29) is 11.9 Å². The van der Waals surface area contributed by atoms with Crippen LogP contribution in [0.4, 0.5) is 13.2 Å². The van der Waals surface area contributed by atoms with Crippen molar-refractivity contribution in [1.82, 2.24) is 19.2 Å². The van der Waals surface area contributed by atoms with Crippen LogP contribution in [-0.4, -0.2) is 58.3 Å². The van der Waals surface area contributed by atoms with Gasteiger partial charge in [0.15, 0.2) is 4.96 Å². The van der Waals surface area contributed by atoms with Gasteiger partial charge in [-0.25, -0.2) is 4.98 Å². The number of fused-ring (bicyclic) bond motifs is 1. The van der Waals surface area contributed by atoms with Gasteiger partial charge in [-0.05, 0) is 32.1 Å². The second-order valence-electron chi connectivity index (χ2n) is 7.10. The highest BCUT2D eigenvalue weighted by Crippen LogP contribution is 2.31. The minimum Gasteiger partial charge on any atom is -0.336 e. The number of hydrogen-bond donors (Lipinski definition) is 0. The van der Waals surface area contributed by atoms with Crippen LogP contribution in [0.25, 0.3) is 16.2 Å². The summed E-state index contributed by atoms with van der Waals surface area (Å²) in [6.07, 6.45) is -1.73. The maximum atomic E-state index is 13.0. The van der Waals surface area contributed by atoms with Crippen molar-refractivity contribution in [3.8, 4) is 11.3 Å². The van der Waals surface area contributed by atoms with Crippen LogP contribution in [0.3, 0.4) is 0 Å². The number of carbonyl (C=O) groups excluding carboxylic acids is 1. The van der Waals surface area contributed by atoms with E-state index >= 15 is 0 Å². The molecule has 0 radical (unpaired) electrons. The maximum Gasteiger partial charge on any atom is 0.416 e. The van der Waals surface area contributed by atoms with Gasteiger partial charge in [-0.15, -0.1) is 11.3 Å². The topological polar surface area (TPSA) is 40.8 Å². The number of rotatable bonds is 3. The van der Waals surface area contributed by atoms with E-state index in [1.807, 2.05) is 14.1 Å². The number of alkyl halides is 3. The van der Waals surface area contributed by atoms with Gasteiger partial charge in [-0.3, -0.25) is 9.20 Å². The molecule has 0 aliphatic carbocycles. The number of hydrogen-bond acceptors (Lipinski definition) is 4. The summed E-state index contributed by atoms with van der Waals surface area (Å²) >= 11 is 1.34. The van der Waals surface area contributed by atoms with E-state index in [1.165, 1.54) is 23.5 Å². The number of amides is 1. The fourth-order valence-electron chi connectivity index (χ4n) is 3.48. The lowest BCUT2D eigenvalue weighted by atomic mass is 10.1. The van der Waals surface area contributed by atoms with E-state index in [2.05, 4.69) is 9.88 Å². The van der Waals surface area contributed by atoms with Gasteiger partial charge >= 0.3 is 6.18 Å². The number of imidazole rings is 1. The van der Waals surface area contributed by atoms with Crippen LogP contribution in [0.2, 0.25) is 0 Å². The van der Waals surface area contributed by atoms with Gasteiger partial charge in [0.05, 0.1) is 11.3 Å². The van der Waals surface area contributed by atoms with Crippen molar-refractivity contribution in [2.24, 2.45) is 0 Å². The van der Waals surface area contributed by atoms with Gasteiger partial charge in [0.2, 0.25) is 0 Å². The molecule has 1 aliphatic heterocycles. The molecule has 0 spiro atoms. The number of benzene rings is 1.